The molecule has 3 aromatic carbocycles. The summed E-state index contributed by atoms with van der Waals surface area (Å²) >= 11 is 14.0. The molecule has 1 aliphatic carbocycles. The average Bonchev–Trinajstić information content (AvgIpc) is 3.23. The summed E-state index contributed by atoms with van der Waals surface area (Å²) in [5, 5.41) is 0.850. The summed E-state index contributed by atoms with van der Waals surface area (Å²) < 4.78 is 13.7. The topological polar surface area (TPSA) is 52.8 Å². The molecule has 8 heteroatoms. The van der Waals surface area contributed by atoms with E-state index >= 15 is 0 Å². The molecule has 4 aromatic rings. The second kappa shape index (κ2) is 9.53. The number of fused-ring (bicyclic) bond motifs is 3. The quantitative estimate of drug-likeness (QED) is 0.331. The first kappa shape index (κ1) is 24.0. The highest BCUT2D eigenvalue weighted by atomic mass is 35.5. The SMILES string of the molecule is COc1cccc(C2C3=C(N=c4sc(=Cc5cccc(Cl)c5Cl)c(=O)n42)c2ccccc2CC3)c1OC. The Morgan fingerprint density at radius 1 is 1.00 bits per heavy atom. The van der Waals surface area contributed by atoms with E-state index in [4.69, 9.17) is 37.7 Å². The number of halogens is 2. The van der Waals surface area contributed by atoms with Crippen molar-refractivity contribution >= 4 is 46.3 Å². The number of aromatic nitrogens is 1. The van der Waals surface area contributed by atoms with Crippen molar-refractivity contribution in [2.45, 2.75) is 18.9 Å². The third-order valence-corrected chi connectivity index (χ3v) is 8.69. The lowest BCUT2D eigenvalue weighted by Gasteiger charge is -2.31. The van der Waals surface area contributed by atoms with E-state index in [0.717, 1.165) is 35.2 Å². The third-order valence-electron chi connectivity index (χ3n) is 6.87. The predicted molar refractivity (Wildman–Crippen MR) is 149 cm³/mol. The molecule has 6 rings (SSSR count). The second-order valence-electron chi connectivity index (χ2n) is 8.84. The number of hydrogen-bond donors (Lipinski definition) is 0. The van der Waals surface area contributed by atoms with Gasteiger partial charge in [0, 0.05) is 11.1 Å². The third kappa shape index (κ3) is 3.91. The molecule has 1 unspecified atom stereocenters. The summed E-state index contributed by atoms with van der Waals surface area (Å²) in [6.07, 6.45) is 3.44. The van der Waals surface area contributed by atoms with E-state index in [2.05, 4.69) is 18.2 Å². The number of para-hydroxylation sites is 1. The Morgan fingerprint density at radius 2 is 1.81 bits per heavy atom. The van der Waals surface area contributed by atoms with Crippen molar-refractivity contribution in [2.75, 3.05) is 14.2 Å². The van der Waals surface area contributed by atoms with E-state index in [1.54, 1.807) is 30.9 Å². The Hall–Kier alpha value is -3.32. The number of rotatable bonds is 4. The van der Waals surface area contributed by atoms with Gasteiger partial charge in [-0.25, -0.2) is 4.99 Å². The first-order valence-corrected chi connectivity index (χ1v) is 13.4. The maximum atomic E-state index is 14.0. The van der Waals surface area contributed by atoms with Crippen molar-refractivity contribution in [3.63, 3.8) is 0 Å². The monoisotopic (exact) mass is 548 g/mol. The molecule has 0 radical (unpaired) electrons. The van der Waals surface area contributed by atoms with Crippen molar-refractivity contribution in [1.82, 2.24) is 4.57 Å². The summed E-state index contributed by atoms with van der Waals surface area (Å²) in [5.74, 6) is 1.22. The molecule has 0 spiro atoms. The van der Waals surface area contributed by atoms with Gasteiger partial charge in [-0.05, 0) is 47.8 Å². The maximum Gasteiger partial charge on any atom is 0.271 e. The van der Waals surface area contributed by atoms with Crippen molar-refractivity contribution in [2.24, 2.45) is 4.99 Å². The maximum absolute atomic E-state index is 14.0. The zero-order valence-electron chi connectivity index (χ0n) is 20.1. The van der Waals surface area contributed by atoms with Crippen LogP contribution in [0.1, 0.15) is 34.7 Å². The lowest BCUT2D eigenvalue weighted by Crippen LogP contribution is -2.39. The molecule has 0 N–H and O–H groups in total. The molecule has 2 heterocycles. The van der Waals surface area contributed by atoms with Crippen molar-refractivity contribution in [3.05, 3.63) is 118 Å². The van der Waals surface area contributed by atoms with Crippen LogP contribution in [0.15, 0.2) is 76.0 Å². The smallest absolute Gasteiger partial charge is 0.271 e. The van der Waals surface area contributed by atoms with Crippen LogP contribution in [0.5, 0.6) is 11.5 Å². The number of methoxy groups -OCH3 is 2. The number of ether oxygens (including phenoxy) is 2. The van der Waals surface area contributed by atoms with Crippen molar-refractivity contribution in [1.29, 1.82) is 0 Å². The minimum Gasteiger partial charge on any atom is -0.493 e. The lowest BCUT2D eigenvalue weighted by atomic mass is 9.83. The van der Waals surface area contributed by atoms with Crippen LogP contribution in [0.25, 0.3) is 11.8 Å². The highest BCUT2D eigenvalue weighted by molar-refractivity contribution is 7.07. The Balaban J connectivity index is 1.67. The summed E-state index contributed by atoms with van der Waals surface area (Å²) in [5.41, 5.74) is 5.77. The first-order valence-electron chi connectivity index (χ1n) is 11.8. The highest BCUT2D eigenvalue weighted by Crippen LogP contribution is 2.45. The van der Waals surface area contributed by atoms with Crippen LogP contribution < -0.4 is 24.4 Å². The van der Waals surface area contributed by atoms with Crippen LogP contribution in [-0.2, 0) is 6.42 Å². The lowest BCUT2D eigenvalue weighted by molar-refractivity contribution is 0.348. The molecule has 0 fully saturated rings. The summed E-state index contributed by atoms with van der Waals surface area (Å²) in [4.78, 5) is 19.7. The number of benzene rings is 3. The first-order chi connectivity index (χ1) is 18.0. The van der Waals surface area contributed by atoms with Gasteiger partial charge >= 0.3 is 0 Å². The fourth-order valence-electron chi connectivity index (χ4n) is 5.20. The summed E-state index contributed by atoms with van der Waals surface area (Å²) in [7, 11) is 3.24. The van der Waals surface area contributed by atoms with Gasteiger partial charge in [-0.1, -0.05) is 83.1 Å². The molecule has 0 saturated carbocycles. The van der Waals surface area contributed by atoms with Crippen molar-refractivity contribution < 1.29 is 9.47 Å². The van der Waals surface area contributed by atoms with Gasteiger partial charge in [-0.2, -0.15) is 0 Å². The van der Waals surface area contributed by atoms with E-state index < -0.39 is 0 Å². The van der Waals surface area contributed by atoms with Gasteiger partial charge in [0.15, 0.2) is 16.3 Å². The van der Waals surface area contributed by atoms with Gasteiger partial charge in [-0.3, -0.25) is 9.36 Å². The molecule has 1 aromatic heterocycles. The van der Waals surface area contributed by atoms with Gasteiger partial charge in [-0.15, -0.1) is 0 Å². The summed E-state index contributed by atoms with van der Waals surface area (Å²) in [6.45, 7) is 0. The number of aryl methyl sites for hydroxylation is 1. The Labute approximate surface area is 227 Å². The molecular formula is C29H22Cl2N2O3S. The number of nitrogens with zero attached hydrogens (tertiary/aromatic N) is 2. The normalized spacial score (nSPS) is 16.5. The van der Waals surface area contributed by atoms with E-state index in [9.17, 15) is 4.79 Å². The summed E-state index contributed by atoms with van der Waals surface area (Å²) in [6, 6.07) is 19.1. The highest BCUT2D eigenvalue weighted by Gasteiger charge is 2.34. The standard InChI is InChI=1S/C29H22Cl2N2O3S/c1-35-22-12-6-10-20(27(22)36-2)26-19-14-13-16-7-3-4-9-18(16)25(19)32-29-33(26)28(34)23(37-29)15-17-8-5-11-21(30)24(17)31/h3-12,15,26H,13-14H2,1-2H3. The number of thiazole rings is 1. The largest absolute Gasteiger partial charge is 0.493 e. The molecule has 5 nitrogen and oxygen atoms in total. The number of hydrogen-bond acceptors (Lipinski definition) is 5. The van der Waals surface area contributed by atoms with Crippen LogP contribution >= 0.6 is 34.5 Å². The molecular weight excluding hydrogens is 527 g/mol. The molecule has 186 valence electrons. The van der Waals surface area contributed by atoms with Gasteiger partial charge in [0.05, 0.1) is 40.5 Å². The van der Waals surface area contributed by atoms with E-state index in [0.29, 0.717) is 36.4 Å². The molecule has 37 heavy (non-hydrogen) atoms. The van der Waals surface area contributed by atoms with Gasteiger partial charge in [0.25, 0.3) is 5.56 Å². The minimum absolute atomic E-state index is 0.139. The fourth-order valence-corrected chi connectivity index (χ4v) is 6.55. The van der Waals surface area contributed by atoms with Crippen LogP contribution in [0, 0.1) is 0 Å². The minimum atomic E-state index is -0.387. The Kier molecular flexibility index (Phi) is 6.19. The zero-order chi connectivity index (χ0) is 25.7. The van der Waals surface area contributed by atoms with E-state index in [-0.39, 0.29) is 11.6 Å². The molecule has 0 bridgehead atoms. The molecule has 1 aliphatic heterocycles. The molecule has 0 saturated heterocycles. The van der Waals surface area contributed by atoms with Crippen LogP contribution in [-0.4, -0.2) is 18.8 Å². The van der Waals surface area contributed by atoms with Gasteiger partial charge in [0.2, 0.25) is 0 Å². The zero-order valence-corrected chi connectivity index (χ0v) is 22.5. The molecule has 1 atom stereocenters. The predicted octanol–water partition coefficient (Wildman–Crippen LogP) is 5.64. The van der Waals surface area contributed by atoms with Crippen LogP contribution in [0.4, 0.5) is 0 Å². The van der Waals surface area contributed by atoms with E-state index in [1.165, 1.54) is 16.9 Å². The second-order valence-corrected chi connectivity index (χ2v) is 10.6. The van der Waals surface area contributed by atoms with Crippen molar-refractivity contribution in [3.8, 4) is 11.5 Å². The Morgan fingerprint density at radius 3 is 2.62 bits per heavy atom. The molecule has 2 aliphatic rings. The molecule has 0 amide bonds. The van der Waals surface area contributed by atoms with Gasteiger partial charge < -0.3 is 9.47 Å². The van der Waals surface area contributed by atoms with Crippen LogP contribution in [0.2, 0.25) is 10.0 Å². The Bertz CT molecular complexity index is 1770. The number of allylic oxidation sites excluding steroid dienone is 1. The van der Waals surface area contributed by atoms with Crippen LogP contribution in [0.3, 0.4) is 0 Å². The average molecular weight is 549 g/mol. The fraction of sp³-hybridized carbons (Fsp3) is 0.172. The van der Waals surface area contributed by atoms with E-state index in [1.807, 2.05) is 36.4 Å². The van der Waals surface area contributed by atoms with Gasteiger partial charge in [0.1, 0.15) is 0 Å².